The Labute approximate surface area is 171 Å². The number of nitrogens with zero attached hydrogens (tertiary/aromatic N) is 2. The van der Waals surface area contributed by atoms with E-state index in [0.717, 1.165) is 55.2 Å². The number of hydrogen-bond donors (Lipinski definition) is 0. The van der Waals surface area contributed by atoms with Crippen molar-refractivity contribution in [1.29, 1.82) is 0 Å². The average Bonchev–Trinajstić information content (AvgIpc) is 3.42. The van der Waals surface area contributed by atoms with Gasteiger partial charge in [0.15, 0.2) is 5.58 Å². The Morgan fingerprint density at radius 2 is 1.63 bits per heavy atom. The molecule has 0 bridgehead atoms. The lowest BCUT2D eigenvalue weighted by Gasteiger charge is -2.03. The number of imidazole rings is 1. The smallest absolute Gasteiger partial charge is 0.307 e. The van der Waals surface area contributed by atoms with Crippen LogP contribution < -0.4 is 0 Å². The Morgan fingerprint density at radius 3 is 2.60 bits per heavy atom. The average molecular weight is 388 g/mol. The summed E-state index contributed by atoms with van der Waals surface area (Å²) in [6.07, 6.45) is 0. The summed E-state index contributed by atoms with van der Waals surface area (Å²) in [5, 5.41) is 2.29. The van der Waals surface area contributed by atoms with Gasteiger partial charge in [-0.25, -0.2) is 0 Å². The molecule has 4 aromatic carbocycles. The molecule has 0 radical (unpaired) electrons. The minimum absolute atomic E-state index is 0.612. The van der Waals surface area contributed by atoms with E-state index in [1.54, 1.807) is 0 Å². The molecule has 0 aliphatic heterocycles. The molecule has 0 spiro atoms. The van der Waals surface area contributed by atoms with Crippen LogP contribution in [-0.4, -0.2) is 9.38 Å². The summed E-state index contributed by atoms with van der Waals surface area (Å²) in [6.45, 7) is 2.11. The first-order chi connectivity index (χ1) is 14.8. The highest BCUT2D eigenvalue weighted by Crippen LogP contribution is 2.37. The summed E-state index contributed by atoms with van der Waals surface area (Å²) < 4.78 is 14.4. The van der Waals surface area contributed by atoms with Gasteiger partial charge in [0.2, 0.25) is 0 Å². The third kappa shape index (κ3) is 2.02. The first kappa shape index (κ1) is 15.8. The molecule has 0 aliphatic rings. The van der Waals surface area contributed by atoms with Crippen molar-refractivity contribution in [2.24, 2.45) is 0 Å². The molecule has 142 valence electrons. The molecule has 0 aliphatic carbocycles. The van der Waals surface area contributed by atoms with Crippen LogP contribution in [0, 0.1) is 6.92 Å². The molecule has 3 aromatic heterocycles. The lowest BCUT2D eigenvalue weighted by atomic mass is 10.0. The van der Waals surface area contributed by atoms with Crippen molar-refractivity contribution in [3.05, 3.63) is 84.4 Å². The van der Waals surface area contributed by atoms with Crippen molar-refractivity contribution in [1.82, 2.24) is 9.38 Å². The van der Waals surface area contributed by atoms with Crippen LogP contribution in [0.2, 0.25) is 0 Å². The minimum atomic E-state index is 0.612. The van der Waals surface area contributed by atoms with E-state index in [4.69, 9.17) is 8.83 Å². The predicted octanol–water partition coefficient (Wildman–Crippen LogP) is 7.11. The Bertz CT molecular complexity index is 1760. The van der Waals surface area contributed by atoms with Gasteiger partial charge in [-0.15, -0.1) is 0 Å². The fourth-order valence-electron chi connectivity index (χ4n) is 4.49. The molecule has 30 heavy (non-hydrogen) atoms. The Balaban J connectivity index is 1.55. The third-order valence-electron chi connectivity index (χ3n) is 5.89. The maximum atomic E-state index is 6.29. The van der Waals surface area contributed by atoms with Gasteiger partial charge in [0, 0.05) is 16.3 Å². The maximum Gasteiger partial charge on any atom is 0.307 e. The number of benzene rings is 4. The molecule has 4 heteroatoms. The fourth-order valence-corrected chi connectivity index (χ4v) is 4.49. The number of aromatic nitrogens is 2. The number of oxazole rings is 1. The molecular formula is C26H16N2O2. The number of rotatable bonds is 1. The highest BCUT2D eigenvalue weighted by atomic mass is 16.4. The van der Waals surface area contributed by atoms with Gasteiger partial charge in [0.05, 0.1) is 16.6 Å². The Hall–Kier alpha value is -4.05. The van der Waals surface area contributed by atoms with Crippen molar-refractivity contribution >= 4 is 49.9 Å². The van der Waals surface area contributed by atoms with E-state index in [1.165, 1.54) is 5.56 Å². The molecule has 0 unspecified atom stereocenters. The predicted molar refractivity (Wildman–Crippen MR) is 120 cm³/mol. The number of hydrogen-bond acceptors (Lipinski definition) is 3. The largest absolute Gasteiger partial charge is 0.455 e. The van der Waals surface area contributed by atoms with Crippen LogP contribution in [0.4, 0.5) is 0 Å². The van der Waals surface area contributed by atoms with Crippen LogP contribution >= 0.6 is 0 Å². The van der Waals surface area contributed by atoms with Crippen LogP contribution in [0.1, 0.15) is 5.56 Å². The van der Waals surface area contributed by atoms with Crippen LogP contribution in [0.25, 0.3) is 61.0 Å². The summed E-state index contributed by atoms with van der Waals surface area (Å²) in [5.41, 5.74) is 9.00. The maximum absolute atomic E-state index is 6.29. The summed E-state index contributed by atoms with van der Waals surface area (Å²) in [6, 6.07) is 27.0. The summed E-state index contributed by atoms with van der Waals surface area (Å²) in [5.74, 6) is 0.612. The molecule has 0 fully saturated rings. The topological polar surface area (TPSA) is 43.6 Å². The minimum Gasteiger partial charge on any atom is -0.455 e. The lowest BCUT2D eigenvalue weighted by Crippen LogP contribution is -1.83. The van der Waals surface area contributed by atoms with E-state index in [1.807, 2.05) is 24.3 Å². The molecule has 3 heterocycles. The molecule has 4 nitrogen and oxygen atoms in total. The quantitative estimate of drug-likeness (QED) is 0.301. The van der Waals surface area contributed by atoms with Gasteiger partial charge in [-0.3, -0.25) is 4.40 Å². The fraction of sp³-hybridized carbons (Fsp3) is 0.0385. The van der Waals surface area contributed by atoms with E-state index in [-0.39, 0.29) is 0 Å². The zero-order valence-corrected chi connectivity index (χ0v) is 16.2. The van der Waals surface area contributed by atoms with E-state index in [9.17, 15) is 0 Å². The van der Waals surface area contributed by atoms with E-state index in [2.05, 4.69) is 70.9 Å². The van der Waals surface area contributed by atoms with Gasteiger partial charge in [-0.1, -0.05) is 48.0 Å². The van der Waals surface area contributed by atoms with E-state index in [0.29, 0.717) is 5.84 Å². The van der Waals surface area contributed by atoms with E-state index >= 15 is 0 Å². The Morgan fingerprint density at radius 1 is 0.733 bits per heavy atom. The van der Waals surface area contributed by atoms with Gasteiger partial charge in [0.25, 0.3) is 0 Å². The van der Waals surface area contributed by atoms with Gasteiger partial charge < -0.3 is 8.83 Å². The number of furan rings is 1. The number of para-hydroxylation sites is 3. The first-order valence-corrected chi connectivity index (χ1v) is 9.98. The van der Waals surface area contributed by atoms with Crippen molar-refractivity contribution in [3.8, 4) is 11.1 Å². The first-order valence-electron chi connectivity index (χ1n) is 9.98. The molecule has 0 N–H and O–H groups in total. The standard InChI is InChI=1S/C26H16N2O2/c1-15-9-11-23-19(13-15)18-6-4-5-17(25(18)29-23)16-10-12-24-22(14-16)28-21-8-3-2-7-20(21)27-26(28)30-24/h2-14H,1H3. The Kier molecular flexibility index (Phi) is 2.91. The summed E-state index contributed by atoms with van der Waals surface area (Å²) in [7, 11) is 0. The molecule has 7 aromatic rings. The zero-order chi connectivity index (χ0) is 19.8. The van der Waals surface area contributed by atoms with E-state index < -0.39 is 0 Å². The van der Waals surface area contributed by atoms with Gasteiger partial charge in [0.1, 0.15) is 11.2 Å². The van der Waals surface area contributed by atoms with Crippen LogP contribution in [0.15, 0.2) is 87.7 Å². The highest BCUT2D eigenvalue weighted by molar-refractivity contribution is 6.10. The van der Waals surface area contributed by atoms with Gasteiger partial charge >= 0.3 is 5.84 Å². The summed E-state index contributed by atoms with van der Waals surface area (Å²) in [4.78, 5) is 4.62. The van der Waals surface area contributed by atoms with Crippen LogP contribution in [-0.2, 0) is 0 Å². The van der Waals surface area contributed by atoms with Crippen LogP contribution in [0.5, 0.6) is 0 Å². The lowest BCUT2D eigenvalue weighted by molar-refractivity contribution is 0.643. The SMILES string of the molecule is Cc1ccc2oc3c(-c4ccc5oc6nc7ccccc7n6c5c4)cccc3c2c1. The molecule has 0 atom stereocenters. The second-order valence-corrected chi connectivity index (χ2v) is 7.79. The van der Waals surface area contributed by atoms with Gasteiger partial charge in [-0.2, -0.15) is 4.98 Å². The van der Waals surface area contributed by atoms with Crippen molar-refractivity contribution in [2.45, 2.75) is 6.92 Å². The highest BCUT2D eigenvalue weighted by Gasteiger charge is 2.16. The summed E-state index contributed by atoms with van der Waals surface area (Å²) >= 11 is 0. The van der Waals surface area contributed by atoms with Gasteiger partial charge in [-0.05, 0) is 48.9 Å². The van der Waals surface area contributed by atoms with Crippen molar-refractivity contribution in [2.75, 3.05) is 0 Å². The molecule has 0 amide bonds. The monoisotopic (exact) mass is 388 g/mol. The van der Waals surface area contributed by atoms with Crippen molar-refractivity contribution in [3.63, 3.8) is 0 Å². The zero-order valence-electron chi connectivity index (χ0n) is 16.2. The second kappa shape index (κ2) is 5.51. The normalized spacial score (nSPS) is 12.2. The molecule has 0 saturated heterocycles. The molecular weight excluding hydrogens is 372 g/mol. The number of aryl methyl sites for hydroxylation is 1. The number of fused-ring (bicyclic) bond motifs is 8. The molecule has 7 rings (SSSR count). The van der Waals surface area contributed by atoms with Crippen molar-refractivity contribution < 1.29 is 8.83 Å². The van der Waals surface area contributed by atoms with Crippen LogP contribution in [0.3, 0.4) is 0 Å². The second-order valence-electron chi connectivity index (χ2n) is 7.79. The third-order valence-corrected chi connectivity index (χ3v) is 5.89. The molecule has 0 saturated carbocycles.